The minimum atomic E-state index is -0.108. The average Bonchev–Trinajstić information content (AvgIpc) is 2.51. The van der Waals surface area contributed by atoms with Gasteiger partial charge in [0.05, 0.1) is 23.4 Å². The molecule has 0 bridgehead atoms. The summed E-state index contributed by atoms with van der Waals surface area (Å²) in [6.07, 6.45) is 0. The van der Waals surface area contributed by atoms with Gasteiger partial charge < -0.3 is 4.74 Å². The first-order chi connectivity index (χ1) is 10.1. The Morgan fingerprint density at radius 2 is 1.86 bits per heavy atom. The van der Waals surface area contributed by atoms with Gasteiger partial charge in [-0.2, -0.15) is 0 Å². The van der Waals surface area contributed by atoms with E-state index in [-0.39, 0.29) is 6.03 Å². The van der Waals surface area contributed by atoms with Crippen LogP contribution in [0.1, 0.15) is 0 Å². The standard InChI is InChI=1S/C15H13ClN2O2S/c1-17-13-9-12(20-2)7-8-14(13)21-18(15(17)19)11-5-3-10(16)4-6-11/h3-9H,1-2H3. The summed E-state index contributed by atoms with van der Waals surface area (Å²) in [6.45, 7) is 0. The number of urea groups is 1. The third-order valence-corrected chi connectivity index (χ3v) is 4.58. The Labute approximate surface area is 132 Å². The molecule has 1 aliphatic heterocycles. The first-order valence-electron chi connectivity index (χ1n) is 6.29. The first kappa shape index (κ1) is 14.1. The van der Waals surface area contributed by atoms with Crippen LogP contribution in [0.3, 0.4) is 0 Å². The summed E-state index contributed by atoms with van der Waals surface area (Å²) in [6, 6.07) is 12.8. The maximum absolute atomic E-state index is 12.5. The molecule has 4 nitrogen and oxygen atoms in total. The molecule has 0 saturated heterocycles. The zero-order valence-electron chi connectivity index (χ0n) is 11.5. The van der Waals surface area contributed by atoms with Crippen molar-refractivity contribution in [3.05, 3.63) is 47.5 Å². The largest absolute Gasteiger partial charge is 0.497 e. The number of carbonyl (C=O) groups excluding carboxylic acids is 1. The summed E-state index contributed by atoms with van der Waals surface area (Å²) >= 11 is 7.29. The van der Waals surface area contributed by atoms with Crippen LogP contribution in [0.25, 0.3) is 0 Å². The highest BCUT2D eigenvalue weighted by Gasteiger charge is 2.30. The lowest BCUT2D eigenvalue weighted by Crippen LogP contribution is -2.40. The van der Waals surface area contributed by atoms with Gasteiger partial charge >= 0.3 is 6.03 Å². The number of hydrogen-bond donors (Lipinski definition) is 0. The highest BCUT2D eigenvalue weighted by molar-refractivity contribution is 8.01. The number of carbonyl (C=O) groups is 1. The van der Waals surface area contributed by atoms with Crippen molar-refractivity contribution in [2.24, 2.45) is 0 Å². The molecule has 6 heteroatoms. The fourth-order valence-electron chi connectivity index (χ4n) is 2.08. The van der Waals surface area contributed by atoms with Crippen LogP contribution in [0, 0.1) is 0 Å². The van der Waals surface area contributed by atoms with Gasteiger partial charge in [0.2, 0.25) is 0 Å². The Balaban J connectivity index is 1.99. The Kier molecular flexibility index (Phi) is 3.69. The van der Waals surface area contributed by atoms with Crippen molar-refractivity contribution in [3.63, 3.8) is 0 Å². The Hall–Kier alpha value is -1.85. The van der Waals surface area contributed by atoms with Gasteiger partial charge in [-0.05, 0) is 48.3 Å². The molecule has 0 N–H and O–H groups in total. The summed E-state index contributed by atoms with van der Waals surface area (Å²) < 4.78 is 6.86. The van der Waals surface area contributed by atoms with E-state index in [0.717, 1.165) is 22.0 Å². The van der Waals surface area contributed by atoms with Gasteiger partial charge in [-0.25, -0.2) is 9.10 Å². The normalized spacial score (nSPS) is 14.1. The summed E-state index contributed by atoms with van der Waals surface area (Å²) in [7, 11) is 3.36. The lowest BCUT2D eigenvalue weighted by Gasteiger charge is -2.33. The van der Waals surface area contributed by atoms with Gasteiger partial charge in [0.15, 0.2) is 0 Å². The number of halogens is 1. The van der Waals surface area contributed by atoms with Gasteiger partial charge in [0.1, 0.15) is 5.75 Å². The molecule has 0 radical (unpaired) electrons. The number of hydrogen-bond acceptors (Lipinski definition) is 3. The minimum Gasteiger partial charge on any atom is -0.497 e. The summed E-state index contributed by atoms with van der Waals surface area (Å²) in [4.78, 5) is 15.1. The van der Waals surface area contributed by atoms with Crippen molar-refractivity contribution in [2.75, 3.05) is 23.4 Å². The van der Waals surface area contributed by atoms with E-state index in [9.17, 15) is 4.79 Å². The molecule has 0 fully saturated rings. The summed E-state index contributed by atoms with van der Waals surface area (Å²) in [5.74, 6) is 0.731. The number of anilines is 2. The highest BCUT2D eigenvalue weighted by Crippen LogP contribution is 2.42. The molecule has 0 aliphatic carbocycles. The fourth-order valence-corrected chi connectivity index (χ4v) is 3.25. The molecule has 0 unspecified atom stereocenters. The van der Waals surface area contributed by atoms with Crippen LogP contribution in [0.2, 0.25) is 5.02 Å². The smallest absolute Gasteiger partial charge is 0.339 e. The molecule has 2 aromatic rings. The van der Waals surface area contributed by atoms with E-state index in [4.69, 9.17) is 16.3 Å². The van der Waals surface area contributed by atoms with Gasteiger partial charge in [-0.1, -0.05) is 11.6 Å². The predicted molar refractivity (Wildman–Crippen MR) is 86.6 cm³/mol. The molecule has 0 saturated carbocycles. The van der Waals surface area contributed by atoms with Crippen molar-refractivity contribution in [2.45, 2.75) is 4.90 Å². The average molecular weight is 321 g/mol. The van der Waals surface area contributed by atoms with Crippen LogP contribution in [0.15, 0.2) is 47.4 Å². The Bertz CT molecular complexity index is 691. The third-order valence-electron chi connectivity index (χ3n) is 3.24. The lowest BCUT2D eigenvalue weighted by atomic mass is 10.2. The maximum atomic E-state index is 12.5. The number of nitrogens with zero attached hydrogens (tertiary/aromatic N) is 2. The van der Waals surface area contributed by atoms with Crippen LogP contribution in [0.4, 0.5) is 16.2 Å². The second-order valence-corrected chi connectivity index (χ2v) is 5.96. The van der Waals surface area contributed by atoms with Crippen molar-refractivity contribution in [1.82, 2.24) is 0 Å². The molecule has 0 spiro atoms. The SMILES string of the molecule is COc1ccc2c(c1)N(C)C(=O)N(c1ccc(Cl)cc1)S2. The number of rotatable bonds is 2. The molecular weight excluding hydrogens is 308 g/mol. The number of amides is 2. The Morgan fingerprint density at radius 3 is 2.52 bits per heavy atom. The van der Waals surface area contributed by atoms with E-state index in [0.29, 0.717) is 5.02 Å². The number of benzene rings is 2. The predicted octanol–water partition coefficient (Wildman–Crippen LogP) is 4.43. The van der Waals surface area contributed by atoms with Gasteiger partial charge in [-0.3, -0.25) is 4.90 Å². The first-order valence-corrected chi connectivity index (χ1v) is 7.44. The van der Waals surface area contributed by atoms with Crippen LogP contribution >= 0.6 is 23.5 Å². The molecule has 1 heterocycles. The van der Waals surface area contributed by atoms with Crippen LogP contribution in [-0.2, 0) is 0 Å². The lowest BCUT2D eigenvalue weighted by molar-refractivity contribution is 0.255. The van der Waals surface area contributed by atoms with Crippen molar-refractivity contribution in [3.8, 4) is 5.75 Å². The van der Waals surface area contributed by atoms with E-state index < -0.39 is 0 Å². The fraction of sp³-hybridized carbons (Fsp3) is 0.133. The topological polar surface area (TPSA) is 32.8 Å². The second-order valence-electron chi connectivity index (χ2n) is 4.54. The molecule has 3 rings (SSSR count). The molecule has 2 amide bonds. The molecule has 108 valence electrons. The zero-order chi connectivity index (χ0) is 15.0. The zero-order valence-corrected chi connectivity index (χ0v) is 13.1. The maximum Gasteiger partial charge on any atom is 0.339 e. The molecule has 2 aromatic carbocycles. The van der Waals surface area contributed by atoms with Gasteiger partial charge in [0.25, 0.3) is 0 Å². The third kappa shape index (κ3) is 2.54. The molecule has 21 heavy (non-hydrogen) atoms. The molecule has 1 aliphatic rings. The van der Waals surface area contributed by atoms with Crippen molar-refractivity contribution < 1.29 is 9.53 Å². The number of ether oxygens (including phenoxy) is 1. The molecular formula is C15H13ClN2O2S. The monoisotopic (exact) mass is 320 g/mol. The van der Waals surface area contributed by atoms with E-state index in [1.54, 1.807) is 35.5 Å². The second kappa shape index (κ2) is 5.50. The summed E-state index contributed by atoms with van der Waals surface area (Å²) in [5, 5.41) is 0.645. The van der Waals surface area contributed by atoms with E-state index in [1.165, 1.54) is 11.9 Å². The Morgan fingerprint density at radius 1 is 1.14 bits per heavy atom. The van der Waals surface area contributed by atoms with Gasteiger partial charge in [0, 0.05) is 18.1 Å². The van der Waals surface area contributed by atoms with Crippen molar-refractivity contribution in [1.29, 1.82) is 0 Å². The number of fused-ring (bicyclic) bond motifs is 1. The summed E-state index contributed by atoms with van der Waals surface area (Å²) in [5.41, 5.74) is 1.64. The molecule has 0 aromatic heterocycles. The van der Waals surface area contributed by atoms with E-state index in [1.807, 2.05) is 30.3 Å². The number of methoxy groups -OCH3 is 1. The quantitative estimate of drug-likeness (QED) is 0.767. The van der Waals surface area contributed by atoms with E-state index in [2.05, 4.69) is 0 Å². The minimum absolute atomic E-state index is 0.108. The van der Waals surface area contributed by atoms with Crippen LogP contribution in [-0.4, -0.2) is 20.2 Å². The van der Waals surface area contributed by atoms with Crippen LogP contribution < -0.4 is 13.9 Å². The van der Waals surface area contributed by atoms with Gasteiger partial charge in [-0.15, -0.1) is 0 Å². The molecule has 0 atom stereocenters. The highest BCUT2D eigenvalue weighted by atomic mass is 35.5. The van der Waals surface area contributed by atoms with Crippen LogP contribution in [0.5, 0.6) is 5.75 Å². The van der Waals surface area contributed by atoms with Crippen molar-refractivity contribution >= 4 is 41.0 Å². The van der Waals surface area contributed by atoms with E-state index >= 15 is 0 Å².